The molecule has 0 fully saturated rings. The number of nitrogens with zero attached hydrogens (tertiary/aromatic N) is 1. The minimum absolute atomic E-state index is 0.275. The quantitative estimate of drug-likeness (QED) is 0.210. The molecule has 0 aliphatic carbocycles. The van der Waals surface area contributed by atoms with E-state index in [1.54, 1.807) is 0 Å². The number of hydrogen-bond donors (Lipinski definition) is 4. The lowest BCUT2D eigenvalue weighted by Crippen LogP contribution is -2.34. The Morgan fingerprint density at radius 2 is 1.83 bits per heavy atom. The zero-order valence-corrected chi connectivity index (χ0v) is 6.23. The number of aliphatic imine (C=N–C) groups is 1. The van der Waals surface area contributed by atoms with E-state index in [0.29, 0.717) is 0 Å². The van der Waals surface area contributed by atoms with Gasteiger partial charge >= 0.3 is 5.97 Å². The lowest BCUT2D eigenvalue weighted by atomic mass is 10.1. The topological polar surface area (TPSA) is 145 Å². The Labute approximate surface area is 68.2 Å². The van der Waals surface area contributed by atoms with Gasteiger partial charge in [0.1, 0.15) is 0 Å². The fraction of sp³-hybridized carbons (Fsp3) is 0.400. The van der Waals surface area contributed by atoms with Gasteiger partial charge in [0.2, 0.25) is 5.91 Å². The van der Waals surface area contributed by atoms with Crippen LogP contribution in [0.1, 0.15) is 0 Å². The second-order valence-electron chi connectivity index (χ2n) is 2.06. The fourth-order valence-electron chi connectivity index (χ4n) is 0.486. The molecule has 0 aromatic rings. The molecule has 7 heteroatoms. The Kier molecular flexibility index (Phi) is 3.54. The standard InChI is InChI=1S/C5H10N4O3/c6-3(10)2(4(11)12)1-9-5(7)8/h2H,1H2,(H2,6,10)(H,11,12)(H4,7,8,9). The van der Waals surface area contributed by atoms with Crippen molar-refractivity contribution in [1.82, 2.24) is 0 Å². The van der Waals surface area contributed by atoms with Crippen LogP contribution in [-0.4, -0.2) is 29.5 Å². The Morgan fingerprint density at radius 3 is 2.08 bits per heavy atom. The molecule has 0 spiro atoms. The summed E-state index contributed by atoms with van der Waals surface area (Å²) in [5.41, 5.74) is 14.6. The average Bonchev–Trinajstić information content (AvgIpc) is 1.84. The van der Waals surface area contributed by atoms with E-state index in [-0.39, 0.29) is 12.5 Å². The number of hydrogen-bond acceptors (Lipinski definition) is 3. The molecule has 1 unspecified atom stereocenters. The molecular formula is C5H10N4O3. The number of carbonyl (C=O) groups is 2. The van der Waals surface area contributed by atoms with E-state index in [4.69, 9.17) is 22.3 Å². The van der Waals surface area contributed by atoms with Crippen molar-refractivity contribution in [3.8, 4) is 0 Å². The first kappa shape index (κ1) is 10.2. The van der Waals surface area contributed by atoms with Gasteiger partial charge in [-0.3, -0.25) is 14.6 Å². The number of amides is 1. The lowest BCUT2D eigenvalue weighted by molar-refractivity contribution is -0.145. The zero-order chi connectivity index (χ0) is 9.72. The van der Waals surface area contributed by atoms with Crippen LogP contribution in [0.3, 0.4) is 0 Å². The van der Waals surface area contributed by atoms with Gasteiger partial charge in [0, 0.05) is 0 Å². The molecule has 0 saturated carbocycles. The molecule has 7 nitrogen and oxygen atoms in total. The number of nitrogens with two attached hydrogens (primary N) is 3. The lowest BCUT2D eigenvalue weighted by Gasteiger charge is -2.03. The largest absolute Gasteiger partial charge is 0.481 e. The van der Waals surface area contributed by atoms with Gasteiger partial charge in [-0.2, -0.15) is 0 Å². The molecular weight excluding hydrogens is 164 g/mol. The van der Waals surface area contributed by atoms with Crippen molar-refractivity contribution in [1.29, 1.82) is 0 Å². The average molecular weight is 174 g/mol. The summed E-state index contributed by atoms with van der Waals surface area (Å²) in [4.78, 5) is 24.1. The summed E-state index contributed by atoms with van der Waals surface area (Å²) in [7, 11) is 0. The van der Waals surface area contributed by atoms with Gasteiger partial charge in [-0.25, -0.2) is 0 Å². The Morgan fingerprint density at radius 1 is 1.33 bits per heavy atom. The van der Waals surface area contributed by atoms with E-state index in [2.05, 4.69) is 4.99 Å². The smallest absolute Gasteiger partial charge is 0.317 e. The normalized spacial score (nSPS) is 11.7. The first-order chi connectivity index (χ1) is 5.45. The molecule has 0 radical (unpaired) electrons. The highest BCUT2D eigenvalue weighted by Crippen LogP contribution is 1.95. The summed E-state index contributed by atoms with van der Waals surface area (Å²) in [6.45, 7) is -0.326. The number of guanidine groups is 1. The van der Waals surface area contributed by atoms with Crippen molar-refractivity contribution in [2.45, 2.75) is 0 Å². The third kappa shape index (κ3) is 3.40. The Balaban J connectivity index is 4.25. The van der Waals surface area contributed by atoms with Crippen LogP contribution in [0.25, 0.3) is 0 Å². The number of carbonyl (C=O) groups excluding carboxylic acids is 1. The molecule has 0 bridgehead atoms. The summed E-state index contributed by atoms with van der Waals surface area (Å²) < 4.78 is 0. The molecule has 1 amide bonds. The molecule has 0 aromatic heterocycles. The van der Waals surface area contributed by atoms with E-state index >= 15 is 0 Å². The van der Waals surface area contributed by atoms with Gasteiger partial charge < -0.3 is 22.3 Å². The van der Waals surface area contributed by atoms with E-state index in [0.717, 1.165) is 0 Å². The molecule has 1 atom stereocenters. The van der Waals surface area contributed by atoms with Crippen molar-refractivity contribution in [3.05, 3.63) is 0 Å². The highest BCUT2D eigenvalue weighted by Gasteiger charge is 2.22. The SMILES string of the molecule is NC(=O)C(CN=C(N)N)C(=O)O. The molecule has 0 heterocycles. The molecule has 12 heavy (non-hydrogen) atoms. The predicted octanol–water partition coefficient (Wildman–Crippen LogP) is -2.55. The maximum atomic E-state index is 10.4. The van der Waals surface area contributed by atoms with Crippen molar-refractivity contribution in [2.75, 3.05) is 6.54 Å². The molecule has 0 saturated heterocycles. The molecule has 0 aliphatic heterocycles. The third-order valence-corrected chi connectivity index (χ3v) is 1.10. The summed E-state index contributed by atoms with van der Waals surface area (Å²) in [5, 5.41) is 8.40. The predicted molar refractivity (Wildman–Crippen MR) is 41.0 cm³/mol. The molecule has 7 N–H and O–H groups in total. The van der Waals surface area contributed by atoms with Gasteiger partial charge in [-0.1, -0.05) is 0 Å². The molecule has 0 rings (SSSR count). The van der Waals surface area contributed by atoms with E-state index in [1.165, 1.54) is 0 Å². The number of aliphatic carboxylic acids is 1. The number of primary amides is 1. The van der Waals surface area contributed by atoms with Gasteiger partial charge in [0.25, 0.3) is 0 Å². The summed E-state index contributed by atoms with van der Waals surface area (Å²) in [6.07, 6.45) is 0. The van der Waals surface area contributed by atoms with Crippen LogP contribution >= 0.6 is 0 Å². The van der Waals surface area contributed by atoms with E-state index < -0.39 is 17.8 Å². The minimum atomic E-state index is -1.37. The molecule has 68 valence electrons. The zero-order valence-electron chi connectivity index (χ0n) is 6.23. The minimum Gasteiger partial charge on any atom is -0.481 e. The van der Waals surface area contributed by atoms with Crippen LogP contribution in [-0.2, 0) is 9.59 Å². The van der Waals surface area contributed by atoms with Crippen LogP contribution < -0.4 is 17.2 Å². The van der Waals surface area contributed by atoms with Crippen molar-refractivity contribution in [3.63, 3.8) is 0 Å². The highest BCUT2D eigenvalue weighted by molar-refractivity contribution is 5.96. The first-order valence-electron chi connectivity index (χ1n) is 3.02. The van der Waals surface area contributed by atoms with Gasteiger partial charge in [-0.05, 0) is 0 Å². The monoisotopic (exact) mass is 174 g/mol. The first-order valence-corrected chi connectivity index (χ1v) is 3.02. The van der Waals surface area contributed by atoms with Gasteiger partial charge in [0.15, 0.2) is 11.9 Å². The number of rotatable bonds is 4. The van der Waals surface area contributed by atoms with Crippen LogP contribution in [0.4, 0.5) is 0 Å². The van der Waals surface area contributed by atoms with E-state index in [9.17, 15) is 9.59 Å². The highest BCUT2D eigenvalue weighted by atomic mass is 16.4. The van der Waals surface area contributed by atoms with Crippen LogP contribution in [0.15, 0.2) is 4.99 Å². The number of carboxylic acid groups (broad SMARTS) is 1. The molecule has 0 aromatic carbocycles. The van der Waals surface area contributed by atoms with Gasteiger partial charge in [0.05, 0.1) is 6.54 Å². The van der Waals surface area contributed by atoms with Crippen LogP contribution in [0.5, 0.6) is 0 Å². The van der Waals surface area contributed by atoms with Crippen molar-refractivity contribution in [2.24, 2.45) is 28.1 Å². The summed E-state index contributed by atoms with van der Waals surface area (Å²) >= 11 is 0. The maximum Gasteiger partial charge on any atom is 0.317 e. The van der Waals surface area contributed by atoms with Crippen LogP contribution in [0.2, 0.25) is 0 Å². The Hall–Kier alpha value is -1.79. The van der Waals surface area contributed by atoms with E-state index in [1.807, 2.05) is 0 Å². The maximum absolute atomic E-state index is 10.4. The molecule has 0 aliphatic rings. The summed E-state index contributed by atoms with van der Waals surface area (Å²) in [6, 6.07) is 0. The summed E-state index contributed by atoms with van der Waals surface area (Å²) in [5.74, 6) is -3.95. The third-order valence-electron chi connectivity index (χ3n) is 1.10. The Bertz CT molecular complexity index is 207. The van der Waals surface area contributed by atoms with Crippen molar-refractivity contribution < 1.29 is 14.7 Å². The van der Waals surface area contributed by atoms with Crippen molar-refractivity contribution >= 4 is 17.8 Å². The van der Waals surface area contributed by atoms with Crippen LogP contribution in [0, 0.1) is 5.92 Å². The number of carboxylic acids is 1. The second kappa shape index (κ2) is 4.16. The fourth-order valence-corrected chi connectivity index (χ4v) is 0.486. The van der Waals surface area contributed by atoms with Gasteiger partial charge in [-0.15, -0.1) is 0 Å². The second-order valence-corrected chi connectivity index (χ2v) is 2.06.